The number of hydrogen-bond donors (Lipinski definition) is 2. The Morgan fingerprint density at radius 2 is 2.33 bits per heavy atom. The maximum Gasteiger partial charge on any atom is 0.307 e. The highest BCUT2D eigenvalue weighted by Gasteiger charge is 2.11. The molecule has 0 unspecified atom stereocenters. The topological polar surface area (TPSA) is 66.0 Å². The summed E-state index contributed by atoms with van der Waals surface area (Å²) in [5.74, 6) is -1.56. The average molecular weight is 229 g/mol. The van der Waals surface area contributed by atoms with Gasteiger partial charge < -0.3 is 10.1 Å². The Kier molecular flexibility index (Phi) is 2.32. The molecular weight excluding hydrogens is 223 g/mol. The molecule has 0 bridgehead atoms. The van der Waals surface area contributed by atoms with Gasteiger partial charge in [0.25, 0.3) is 0 Å². The molecule has 0 aliphatic rings. The molecule has 0 saturated carbocycles. The van der Waals surface area contributed by atoms with Gasteiger partial charge in [-0.3, -0.25) is 4.79 Å². The first-order valence-corrected chi connectivity index (χ1v) is 4.49. The van der Waals surface area contributed by atoms with Crippen LogP contribution in [0, 0.1) is 5.82 Å². The lowest BCUT2D eigenvalue weighted by Crippen LogP contribution is -2.01. The molecular formula is C9H6ClFN2O2. The van der Waals surface area contributed by atoms with Gasteiger partial charge in [-0.2, -0.15) is 0 Å². The molecule has 0 fully saturated rings. The van der Waals surface area contributed by atoms with Crippen molar-refractivity contribution in [3.05, 3.63) is 28.8 Å². The van der Waals surface area contributed by atoms with E-state index in [1.807, 2.05) is 0 Å². The molecule has 6 heteroatoms. The largest absolute Gasteiger partial charge is 0.481 e. The molecule has 0 aliphatic carbocycles. The number of rotatable bonds is 2. The van der Waals surface area contributed by atoms with Crippen LogP contribution in [0.15, 0.2) is 12.1 Å². The summed E-state index contributed by atoms with van der Waals surface area (Å²) in [7, 11) is 0. The van der Waals surface area contributed by atoms with Crippen molar-refractivity contribution in [2.45, 2.75) is 6.42 Å². The molecule has 0 spiro atoms. The van der Waals surface area contributed by atoms with E-state index in [2.05, 4.69) is 9.97 Å². The number of benzene rings is 1. The second-order valence-corrected chi connectivity index (χ2v) is 3.42. The van der Waals surface area contributed by atoms with Crippen LogP contribution < -0.4 is 0 Å². The van der Waals surface area contributed by atoms with Gasteiger partial charge in [0.05, 0.1) is 17.5 Å². The molecule has 0 amide bonds. The normalized spacial score (nSPS) is 10.8. The van der Waals surface area contributed by atoms with Gasteiger partial charge in [-0.15, -0.1) is 0 Å². The average Bonchev–Trinajstić information content (AvgIpc) is 2.44. The minimum Gasteiger partial charge on any atom is -0.481 e. The number of aromatic nitrogens is 2. The van der Waals surface area contributed by atoms with E-state index < -0.39 is 11.8 Å². The molecule has 1 aromatic carbocycles. The van der Waals surface area contributed by atoms with Gasteiger partial charge in [-0.05, 0) is 29.3 Å². The number of carboxylic acids is 1. The van der Waals surface area contributed by atoms with E-state index in [0.29, 0.717) is 16.6 Å². The van der Waals surface area contributed by atoms with Crippen LogP contribution in [0.2, 0.25) is 5.28 Å². The molecule has 0 radical (unpaired) electrons. The summed E-state index contributed by atoms with van der Waals surface area (Å²) >= 11 is 5.61. The summed E-state index contributed by atoms with van der Waals surface area (Å²) in [6.45, 7) is 0. The van der Waals surface area contributed by atoms with E-state index in [9.17, 15) is 9.18 Å². The van der Waals surface area contributed by atoms with Crippen molar-refractivity contribution in [1.82, 2.24) is 9.97 Å². The van der Waals surface area contributed by atoms with Gasteiger partial charge in [0.1, 0.15) is 5.82 Å². The molecule has 4 nitrogen and oxygen atoms in total. The molecule has 0 aliphatic heterocycles. The fraction of sp³-hybridized carbons (Fsp3) is 0.111. The first-order valence-electron chi connectivity index (χ1n) is 4.11. The summed E-state index contributed by atoms with van der Waals surface area (Å²) in [5, 5.41) is 8.74. The van der Waals surface area contributed by atoms with Gasteiger partial charge >= 0.3 is 5.97 Å². The van der Waals surface area contributed by atoms with E-state index in [0.717, 1.165) is 6.07 Å². The number of aromatic amines is 1. The predicted molar refractivity (Wildman–Crippen MR) is 52.4 cm³/mol. The van der Waals surface area contributed by atoms with Crippen LogP contribution in [0.1, 0.15) is 5.56 Å². The molecule has 0 saturated heterocycles. The Morgan fingerprint density at radius 3 is 3.00 bits per heavy atom. The van der Waals surface area contributed by atoms with E-state index in [1.165, 1.54) is 6.07 Å². The van der Waals surface area contributed by atoms with Crippen molar-refractivity contribution in [1.29, 1.82) is 0 Å². The van der Waals surface area contributed by atoms with Crippen LogP contribution in [0.4, 0.5) is 4.39 Å². The highest BCUT2D eigenvalue weighted by Crippen LogP contribution is 2.21. The fourth-order valence-corrected chi connectivity index (χ4v) is 1.60. The number of halogens is 2. The number of fused-ring (bicyclic) bond motifs is 1. The number of hydrogen-bond acceptors (Lipinski definition) is 2. The number of nitrogens with one attached hydrogen (secondary N) is 1. The molecule has 1 heterocycles. The SMILES string of the molecule is O=C(O)Cc1cc(F)cc2[nH]c(Cl)nc12. The third-order valence-electron chi connectivity index (χ3n) is 1.94. The zero-order valence-corrected chi connectivity index (χ0v) is 8.18. The monoisotopic (exact) mass is 228 g/mol. The highest BCUT2D eigenvalue weighted by atomic mass is 35.5. The number of H-pyrrole nitrogens is 1. The van der Waals surface area contributed by atoms with Crippen molar-refractivity contribution in [2.75, 3.05) is 0 Å². The lowest BCUT2D eigenvalue weighted by molar-refractivity contribution is -0.136. The molecule has 0 atom stereocenters. The lowest BCUT2D eigenvalue weighted by Gasteiger charge is -1.98. The second kappa shape index (κ2) is 3.51. The zero-order valence-electron chi connectivity index (χ0n) is 7.42. The van der Waals surface area contributed by atoms with Gasteiger partial charge in [0.2, 0.25) is 5.28 Å². The van der Waals surface area contributed by atoms with Crippen molar-refractivity contribution < 1.29 is 14.3 Å². The number of carboxylic acid groups (broad SMARTS) is 1. The third kappa shape index (κ3) is 1.92. The van der Waals surface area contributed by atoms with Crippen molar-refractivity contribution in [2.24, 2.45) is 0 Å². The zero-order chi connectivity index (χ0) is 11.0. The van der Waals surface area contributed by atoms with Gasteiger partial charge in [0.15, 0.2) is 0 Å². The fourth-order valence-electron chi connectivity index (χ4n) is 1.42. The standard InChI is InChI=1S/C9H6ClFN2O2/c10-9-12-6-3-5(11)1-4(2-7(14)15)8(6)13-9/h1,3H,2H2,(H,12,13)(H,14,15). The Bertz CT molecular complexity index is 538. The highest BCUT2D eigenvalue weighted by molar-refractivity contribution is 6.29. The minimum absolute atomic E-state index is 0.113. The first kappa shape index (κ1) is 9.92. The Morgan fingerprint density at radius 1 is 1.60 bits per heavy atom. The molecule has 2 aromatic rings. The van der Waals surface area contributed by atoms with Crippen LogP contribution in [-0.4, -0.2) is 21.0 Å². The summed E-state index contributed by atoms with van der Waals surface area (Å²) in [4.78, 5) is 17.1. The van der Waals surface area contributed by atoms with Crippen LogP contribution in [0.3, 0.4) is 0 Å². The van der Waals surface area contributed by atoms with Gasteiger partial charge in [-0.1, -0.05) is 0 Å². The molecule has 2 rings (SSSR count). The molecule has 1 aromatic heterocycles. The summed E-state index contributed by atoms with van der Waals surface area (Å²) < 4.78 is 13.1. The summed E-state index contributed by atoms with van der Waals surface area (Å²) in [5.41, 5.74) is 1.10. The van der Waals surface area contributed by atoms with Crippen LogP contribution in [-0.2, 0) is 11.2 Å². The Balaban J connectivity index is 2.64. The number of imidazole rings is 1. The number of nitrogens with zero attached hydrogens (tertiary/aromatic N) is 1. The minimum atomic E-state index is -1.04. The lowest BCUT2D eigenvalue weighted by atomic mass is 10.1. The van der Waals surface area contributed by atoms with E-state index in [1.54, 1.807) is 0 Å². The quantitative estimate of drug-likeness (QED) is 0.826. The number of carbonyl (C=O) groups is 1. The van der Waals surface area contributed by atoms with Crippen LogP contribution in [0.25, 0.3) is 11.0 Å². The maximum atomic E-state index is 13.1. The molecule has 15 heavy (non-hydrogen) atoms. The Labute approximate surface area is 88.7 Å². The van der Waals surface area contributed by atoms with Crippen molar-refractivity contribution >= 4 is 28.6 Å². The first-order chi connectivity index (χ1) is 7.06. The molecule has 2 N–H and O–H groups in total. The van der Waals surface area contributed by atoms with Crippen LogP contribution in [0.5, 0.6) is 0 Å². The van der Waals surface area contributed by atoms with Crippen LogP contribution >= 0.6 is 11.6 Å². The van der Waals surface area contributed by atoms with Crippen molar-refractivity contribution in [3.63, 3.8) is 0 Å². The smallest absolute Gasteiger partial charge is 0.307 e. The third-order valence-corrected chi connectivity index (χ3v) is 2.12. The second-order valence-electron chi connectivity index (χ2n) is 3.06. The van der Waals surface area contributed by atoms with E-state index >= 15 is 0 Å². The Hall–Kier alpha value is -1.62. The predicted octanol–water partition coefficient (Wildman–Crippen LogP) is 1.98. The van der Waals surface area contributed by atoms with Gasteiger partial charge in [-0.25, -0.2) is 9.37 Å². The van der Waals surface area contributed by atoms with Gasteiger partial charge in [0, 0.05) is 0 Å². The van der Waals surface area contributed by atoms with Crippen molar-refractivity contribution in [3.8, 4) is 0 Å². The summed E-state index contributed by atoms with van der Waals surface area (Å²) in [6, 6.07) is 2.37. The number of aliphatic carboxylic acids is 1. The van der Waals surface area contributed by atoms with E-state index in [4.69, 9.17) is 16.7 Å². The summed E-state index contributed by atoms with van der Waals surface area (Å²) in [6.07, 6.45) is -0.282. The maximum absolute atomic E-state index is 13.1. The molecule has 78 valence electrons. The van der Waals surface area contributed by atoms with E-state index in [-0.39, 0.29) is 11.7 Å².